The summed E-state index contributed by atoms with van der Waals surface area (Å²) >= 11 is 0. The smallest absolute Gasteiger partial charge is 0.205 e. The minimum Gasteiger partial charge on any atom is -0.373 e. The number of nitrogens with zero attached hydrogens (tertiary/aromatic N) is 3. The zero-order valence-electron chi connectivity index (χ0n) is 13.2. The average molecular weight is 280 g/mol. The molecule has 0 amide bonds. The second-order valence-corrected chi connectivity index (χ2v) is 6.15. The highest BCUT2D eigenvalue weighted by molar-refractivity contribution is 5.35. The maximum absolute atomic E-state index is 5.98. The third-order valence-corrected chi connectivity index (χ3v) is 3.69. The maximum Gasteiger partial charge on any atom is 0.205 e. The molecule has 2 heterocycles. The summed E-state index contributed by atoms with van der Waals surface area (Å²) in [6.45, 7) is 12.1. The van der Waals surface area contributed by atoms with Crippen molar-refractivity contribution in [2.45, 2.75) is 52.8 Å². The van der Waals surface area contributed by atoms with Crippen LogP contribution in [0.4, 0.5) is 5.95 Å². The Balaban J connectivity index is 2.19. The van der Waals surface area contributed by atoms with Crippen molar-refractivity contribution in [2.75, 3.05) is 24.6 Å². The number of morpholine rings is 1. The van der Waals surface area contributed by atoms with Gasteiger partial charge in [-0.1, -0.05) is 20.8 Å². The number of ether oxygens (including phenoxy) is 1. The topological polar surface area (TPSA) is 56.3 Å². The van der Waals surface area contributed by atoms with Gasteiger partial charge in [-0.3, -0.25) is 0 Å². The largest absolute Gasteiger partial charge is 0.373 e. The van der Waals surface area contributed by atoms with Crippen LogP contribution in [0.1, 0.15) is 33.4 Å². The van der Waals surface area contributed by atoms with Crippen LogP contribution >= 0.6 is 0 Å². The summed E-state index contributed by atoms with van der Waals surface area (Å²) in [4.78, 5) is 7.11. The van der Waals surface area contributed by atoms with E-state index < -0.39 is 0 Å². The van der Waals surface area contributed by atoms with Crippen LogP contribution in [0.3, 0.4) is 0 Å². The summed E-state index contributed by atoms with van der Waals surface area (Å²) in [5, 5.41) is 0. The zero-order valence-corrected chi connectivity index (χ0v) is 13.2. The summed E-state index contributed by atoms with van der Waals surface area (Å²) in [5.74, 6) is 1.68. The molecule has 0 bridgehead atoms. The van der Waals surface area contributed by atoms with Crippen molar-refractivity contribution in [1.29, 1.82) is 0 Å². The highest BCUT2D eigenvalue weighted by atomic mass is 16.5. The van der Waals surface area contributed by atoms with Crippen LogP contribution in [-0.4, -0.2) is 41.4 Å². The second-order valence-electron chi connectivity index (χ2n) is 6.15. The summed E-state index contributed by atoms with van der Waals surface area (Å²) < 4.78 is 8.03. The van der Waals surface area contributed by atoms with Crippen molar-refractivity contribution in [3.8, 4) is 0 Å². The van der Waals surface area contributed by atoms with Crippen LogP contribution in [0, 0.1) is 5.92 Å². The number of nitrogens with two attached hydrogens (primary N) is 1. The van der Waals surface area contributed by atoms with E-state index in [2.05, 4.69) is 36.4 Å². The van der Waals surface area contributed by atoms with E-state index in [1.54, 1.807) is 0 Å². The Morgan fingerprint density at radius 3 is 2.80 bits per heavy atom. The number of aryl methyl sites for hydroxylation is 1. The minimum atomic E-state index is 0.0527. The van der Waals surface area contributed by atoms with Gasteiger partial charge in [0.05, 0.1) is 18.4 Å². The lowest BCUT2D eigenvalue weighted by molar-refractivity contribution is 0.0268. The second kappa shape index (κ2) is 6.59. The lowest BCUT2D eigenvalue weighted by Gasteiger charge is -2.35. The number of aromatic nitrogens is 2. The fourth-order valence-electron chi connectivity index (χ4n) is 2.58. The van der Waals surface area contributed by atoms with E-state index in [0.29, 0.717) is 5.92 Å². The lowest BCUT2D eigenvalue weighted by Crippen LogP contribution is -2.50. The van der Waals surface area contributed by atoms with Gasteiger partial charge >= 0.3 is 0 Å². The van der Waals surface area contributed by atoms with E-state index in [-0.39, 0.29) is 12.1 Å². The number of hydrogen-bond acceptors (Lipinski definition) is 4. The van der Waals surface area contributed by atoms with Crippen molar-refractivity contribution in [3.05, 3.63) is 11.9 Å². The summed E-state index contributed by atoms with van der Waals surface area (Å²) in [7, 11) is 0. The highest BCUT2D eigenvalue weighted by Gasteiger charge is 2.26. The zero-order chi connectivity index (χ0) is 14.7. The third-order valence-electron chi connectivity index (χ3n) is 3.69. The summed E-state index contributed by atoms with van der Waals surface area (Å²) in [6, 6.07) is 0.0527. The van der Waals surface area contributed by atoms with E-state index >= 15 is 0 Å². The predicted octanol–water partition coefficient (Wildman–Crippen LogP) is 1.65. The van der Waals surface area contributed by atoms with Crippen LogP contribution in [-0.2, 0) is 17.7 Å². The molecule has 1 saturated heterocycles. The third kappa shape index (κ3) is 3.52. The van der Waals surface area contributed by atoms with Crippen molar-refractivity contribution in [1.82, 2.24) is 9.55 Å². The molecule has 0 aromatic carbocycles. The average Bonchev–Trinajstić information content (AvgIpc) is 2.81. The van der Waals surface area contributed by atoms with Gasteiger partial charge in [0.15, 0.2) is 0 Å². The Morgan fingerprint density at radius 1 is 1.45 bits per heavy atom. The molecule has 2 rings (SSSR count). The van der Waals surface area contributed by atoms with Gasteiger partial charge in [0.2, 0.25) is 5.95 Å². The Labute approximate surface area is 122 Å². The van der Waals surface area contributed by atoms with Gasteiger partial charge < -0.3 is 19.9 Å². The molecule has 1 aliphatic rings. The molecule has 2 N–H and O–H groups in total. The SMILES string of the molecule is CCc1cn(CC(C)C)c(N2CCOC(C(C)N)C2)n1. The molecule has 2 atom stereocenters. The Kier molecular flexibility index (Phi) is 5.05. The van der Waals surface area contributed by atoms with Crippen LogP contribution in [0.2, 0.25) is 0 Å². The number of imidazole rings is 1. The summed E-state index contributed by atoms with van der Waals surface area (Å²) in [5.41, 5.74) is 7.14. The molecule has 0 spiro atoms. The first-order valence-corrected chi connectivity index (χ1v) is 7.69. The maximum atomic E-state index is 5.98. The fraction of sp³-hybridized carbons (Fsp3) is 0.800. The minimum absolute atomic E-state index is 0.0527. The summed E-state index contributed by atoms with van der Waals surface area (Å²) in [6.07, 6.45) is 3.25. The van der Waals surface area contributed by atoms with Crippen LogP contribution < -0.4 is 10.6 Å². The Hall–Kier alpha value is -1.07. The molecule has 1 aliphatic heterocycles. The van der Waals surface area contributed by atoms with E-state index in [0.717, 1.165) is 44.3 Å². The quantitative estimate of drug-likeness (QED) is 0.891. The van der Waals surface area contributed by atoms with E-state index in [4.69, 9.17) is 15.5 Å². The first-order valence-electron chi connectivity index (χ1n) is 7.69. The molecule has 1 fully saturated rings. The molecular formula is C15H28N4O. The Bertz CT molecular complexity index is 428. The highest BCUT2D eigenvalue weighted by Crippen LogP contribution is 2.20. The molecule has 114 valence electrons. The monoisotopic (exact) mass is 280 g/mol. The first kappa shape index (κ1) is 15.3. The predicted molar refractivity (Wildman–Crippen MR) is 82.0 cm³/mol. The molecule has 0 saturated carbocycles. The molecule has 1 aromatic rings. The van der Waals surface area contributed by atoms with Crippen molar-refractivity contribution < 1.29 is 4.74 Å². The molecule has 5 heteroatoms. The Morgan fingerprint density at radius 2 is 2.20 bits per heavy atom. The molecule has 2 unspecified atom stereocenters. The lowest BCUT2D eigenvalue weighted by atomic mass is 10.1. The van der Waals surface area contributed by atoms with Gasteiger partial charge in [-0.05, 0) is 19.3 Å². The molecule has 1 aromatic heterocycles. The van der Waals surface area contributed by atoms with Gasteiger partial charge in [-0.25, -0.2) is 4.98 Å². The van der Waals surface area contributed by atoms with Gasteiger partial charge in [-0.15, -0.1) is 0 Å². The molecule has 5 nitrogen and oxygen atoms in total. The normalized spacial score (nSPS) is 21.5. The van der Waals surface area contributed by atoms with Crippen LogP contribution in [0.15, 0.2) is 6.20 Å². The number of anilines is 1. The standard InChI is InChI=1S/C15H28N4O/c1-5-13-9-19(8-11(2)3)15(17-13)18-6-7-20-14(10-18)12(4)16/h9,11-12,14H,5-8,10,16H2,1-4H3. The van der Waals surface area contributed by atoms with Gasteiger partial charge in [-0.2, -0.15) is 0 Å². The van der Waals surface area contributed by atoms with Gasteiger partial charge in [0, 0.05) is 31.9 Å². The molecule has 0 radical (unpaired) electrons. The van der Waals surface area contributed by atoms with E-state index in [9.17, 15) is 0 Å². The molecule has 20 heavy (non-hydrogen) atoms. The van der Waals surface area contributed by atoms with Crippen molar-refractivity contribution in [3.63, 3.8) is 0 Å². The number of rotatable bonds is 5. The van der Waals surface area contributed by atoms with Crippen molar-refractivity contribution >= 4 is 5.95 Å². The fourth-order valence-corrected chi connectivity index (χ4v) is 2.58. The van der Waals surface area contributed by atoms with E-state index in [1.807, 2.05) is 6.92 Å². The van der Waals surface area contributed by atoms with E-state index in [1.165, 1.54) is 0 Å². The van der Waals surface area contributed by atoms with Gasteiger partial charge in [0.25, 0.3) is 0 Å². The first-order chi connectivity index (χ1) is 9.51. The van der Waals surface area contributed by atoms with Crippen LogP contribution in [0.5, 0.6) is 0 Å². The molecular weight excluding hydrogens is 252 g/mol. The number of hydrogen-bond donors (Lipinski definition) is 1. The van der Waals surface area contributed by atoms with Gasteiger partial charge in [0.1, 0.15) is 0 Å². The molecule has 0 aliphatic carbocycles. The van der Waals surface area contributed by atoms with Crippen molar-refractivity contribution in [2.24, 2.45) is 11.7 Å². The van der Waals surface area contributed by atoms with Crippen LogP contribution in [0.25, 0.3) is 0 Å².